The topological polar surface area (TPSA) is 193 Å². The van der Waals surface area contributed by atoms with E-state index in [0.717, 1.165) is 12.7 Å². The summed E-state index contributed by atoms with van der Waals surface area (Å²) in [5, 5.41) is 10.6. The number of hydrogen-bond donors (Lipinski definition) is 4. The minimum absolute atomic E-state index is 0.0566. The summed E-state index contributed by atoms with van der Waals surface area (Å²) in [5.74, 6) is -4.90. The summed E-state index contributed by atoms with van der Waals surface area (Å²) in [6.07, 6.45) is 2.07. The van der Waals surface area contributed by atoms with E-state index < -0.39 is 54.0 Å². The molecule has 1 fully saturated rings. The molecule has 246 valence electrons. The van der Waals surface area contributed by atoms with E-state index in [2.05, 4.69) is 26.3 Å². The van der Waals surface area contributed by atoms with E-state index in [4.69, 9.17) is 4.74 Å². The van der Waals surface area contributed by atoms with Crippen molar-refractivity contribution in [2.24, 2.45) is 0 Å². The van der Waals surface area contributed by atoms with Crippen molar-refractivity contribution in [2.45, 2.75) is 44.3 Å². The first kappa shape index (κ1) is 34.2. The molecular weight excluding hydrogens is 608 g/mol. The van der Waals surface area contributed by atoms with Gasteiger partial charge in [-0.1, -0.05) is 48.5 Å². The molecule has 14 heteroatoms. The third kappa shape index (κ3) is 9.42. The lowest BCUT2D eigenvalue weighted by molar-refractivity contribution is -0.145. The Balaban J connectivity index is 1.23. The number of nitrogens with one attached hydrogen (secondary N) is 4. The summed E-state index contributed by atoms with van der Waals surface area (Å²) in [6.45, 7) is -0.495. The molecule has 1 saturated heterocycles. The first-order chi connectivity index (χ1) is 22.7. The van der Waals surface area contributed by atoms with Gasteiger partial charge in [-0.3, -0.25) is 33.8 Å². The van der Waals surface area contributed by atoms with E-state index in [9.17, 15) is 33.6 Å². The van der Waals surface area contributed by atoms with Crippen molar-refractivity contribution >= 4 is 52.2 Å². The Labute approximate surface area is 270 Å². The maximum atomic E-state index is 13.0. The number of fused-ring (bicyclic) bond motifs is 1. The highest BCUT2D eigenvalue weighted by molar-refractivity contribution is 6.38. The van der Waals surface area contributed by atoms with Crippen LogP contribution in [0.1, 0.15) is 41.6 Å². The zero-order chi connectivity index (χ0) is 33.8. The summed E-state index contributed by atoms with van der Waals surface area (Å²) in [7, 11) is 1.14. The number of pyridine rings is 1. The Morgan fingerprint density at radius 2 is 1.64 bits per heavy atom. The van der Waals surface area contributed by atoms with Crippen LogP contribution in [0, 0.1) is 0 Å². The standard InChI is InChI=1S/C33H36N6O8/c1-47-33(46)25(13-14-27(40)35-18-21-8-3-2-4-9-21)38-28(41)19-36-32(45)30(43)26-12-7-17-39(26)29(42)20-37-31(44)23-15-16-34-24-11-6-5-10-22(23)24/h2-6,8-11,15-16,25-26H,7,12-14,17-20H2,1H3,(H,35,40)(H,36,45)(H,37,44)(H,38,41)/t25-,26-/m0/s1. The highest BCUT2D eigenvalue weighted by Gasteiger charge is 2.37. The number of amides is 5. The SMILES string of the molecule is COC(=O)[C@H](CCC(=O)NCc1ccccc1)NC(=O)CNC(=O)C(=O)[C@@H]1CCCN1C(=O)CNC(=O)c1ccnc2ccccc12. The first-order valence-corrected chi connectivity index (χ1v) is 15.1. The van der Waals surface area contributed by atoms with Gasteiger partial charge in [-0.25, -0.2) is 4.79 Å². The van der Waals surface area contributed by atoms with Crippen molar-refractivity contribution in [1.29, 1.82) is 0 Å². The number of ketones is 1. The van der Waals surface area contributed by atoms with Crippen LogP contribution in [0.3, 0.4) is 0 Å². The maximum absolute atomic E-state index is 13.0. The third-order valence-corrected chi connectivity index (χ3v) is 7.62. The smallest absolute Gasteiger partial charge is 0.328 e. The first-order valence-electron chi connectivity index (χ1n) is 15.1. The lowest BCUT2D eigenvalue weighted by Crippen LogP contribution is -2.51. The number of nitrogens with zero attached hydrogens (tertiary/aromatic N) is 2. The Morgan fingerprint density at radius 1 is 0.894 bits per heavy atom. The van der Waals surface area contributed by atoms with Crippen LogP contribution in [0.5, 0.6) is 0 Å². The minimum Gasteiger partial charge on any atom is -0.467 e. The minimum atomic E-state index is -1.16. The average Bonchev–Trinajstić information content (AvgIpc) is 3.60. The van der Waals surface area contributed by atoms with E-state index in [0.29, 0.717) is 29.4 Å². The predicted octanol–water partition coefficient (Wildman–Crippen LogP) is 0.395. The van der Waals surface area contributed by atoms with Gasteiger partial charge in [-0.2, -0.15) is 0 Å². The van der Waals surface area contributed by atoms with Gasteiger partial charge in [0.2, 0.25) is 23.5 Å². The number of aromatic nitrogens is 1. The number of likely N-dealkylation sites (tertiary alicyclic amines) is 1. The lowest BCUT2D eigenvalue weighted by atomic mass is 10.1. The van der Waals surface area contributed by atoms with E-state index in [1.54, 1.807) is 30.3 Å². The molecule has 4 N–H and O–H groups in total. The number of Topliss-reactive ketones (excluding diaryl/α,β-unsaturated/α-hetero) is 1. The van der Waals surface area contributed by atoms with E-state index in [1.165, 1.54) is 11.1 Å². The number of ether oxygens (including phenoxy) is 1. The Bertz CT molecular complexity index is 1640. The van der Waals surface area contributed by atoms with Gasteiger partial charge in [0.15, 0.2) is 0 Å². The van der Waals surface area contributed by atoms with Gasteiger partial charge in [0.1, 0.15) is 12.1 Å². The van der Waals surface area contributed by atoms with Crippen molar-refractivity contribution in [1.82, 2.24) is 31.2 Å². The fourth-order valence-corrected chi connectivity index (χ4v) is 5.18. The van der Waals surface area contributed by atoms with Crippen molar-refractivity contribution in [3.8, 4) is 0 Å². The van der Waals surface area contributed by atoms with Gasteiger partial charge in [-0.15, -0.1) is 0 Å². The number of hydrogen-bond acceptors (Lipinski definition) is 9. The summed E-state index contributed by atoms with van der Waals surface area (Å²) in [4.78, 5) is 93.9. The summed E-state index contributed by atoms with van der Waals surface area (Å²) < 4.78 is 4.73. The average molecular weight is 645 g/mol. The quantitative estimate of drug-likeness (QED) is 0.142. The number of rotatable bonds is 14. The molecule has 1 aromatic heterocycles. The van der Waals surface area contributed by atoms with Crippen LogP contribution in [0.4, 0.5) is 0 Å². The Kier molecular flexibility index (Phi) is 12.1. The van der Waals surface area contributed by atoms with E-state index in [-0.39, 0.29) is 38.3 Å². The molecule has 4 rings (SSSR count). The van der Waals surface area contributed by atoms with Gasteiger partial charge in [0, 0.05) is 31.1 Å². The molecule has 47 heavy (non-hydrogen) atoms. The molecule has 0 radical (unpaired) electrons. The van der Waals surface area contributed by atoms with Gasteiger partial charge >= 0.3 is 5.97 Å². The molecule has 1 aliphatic heterocycles. The molecule has 0 aliphatic carbocycles. The van der Waals surface area contributed by atoms with Crippen LogP contribution in [0.15, 0.2) is 66.9 Å². The van der Waals surface area contributed by atoms with Crippen molar-refractivity contribution in [3.63, 3.8) is 0 Å². The Hall–Kier alpha value is -5.66. The molecule has 14 nitrogen and oxygen atoms in total. The third-order valence-electron chi connectivity index (χ3n) is 7.62. The molecule has 0 saturated carbocycles. The van der Waals surface area contributed by atoms with Crippen LogP contribution in [-0.2, 0) is 40.0 Å². The van der Waals surface area contributed by atoms with Crippen LogP contribution in [0.25, 0.3) is 10.9 Å². The number of para-hydroxylation sites is 1. The lowest BCUT2D eigenvalue weighted by Gasteiger charge is -2.23. The van der Waals surface area contributed by atoms with Crippen molar-refractivity contribution in [3.05, 3.63) is 78.0 Å². The molecule has 2 heterocycles. The maximum Gasteiger partial charge on any atom is 0.328 e. The normalized spacial score (nSPS) is 14.5. The summed E-state index contributed by atoms with van der Waals surface area (Å²) in [6, 6.07) is 15.6. The molecule has 2 aromatic carbocycles. The molecule has 5 amide bonds. The second-order valence-corrected chi connectivity index (χ2v) is 10.8. The highest BCUT2D eigenvalue weighted by atomic mass is 16.5. The number of esters is 1. The number of carbonyl (C=O) groups excluding carboxylic acids is 7. The van der Waals surface area contributed by atoms with Gasteiger partial charge in [0.25, 0.3) is 11.8 Å². The zero-order valence-corrected chi connectivity index (χ0v) is 25.8. The highest BCUT2D eigenvalue weighted by Crippen LogP contribution is 2.19. The summed E-state index contributed by atoms with van der Waals surface area (Å²) >= 11 is 0. The molecule has 0 bridgehead atoms. The monoisotopic (exact) mass is 644 g/mol. The fourth-order valence-electron chi connectivity index (χ4n) is 5.18. The van der Waals surface area contributed by atoms with Crippen LogP contribution >= 0.6 is 0 Å². The zero-order valence-electron chi connectivity index (χ0n) is 25.8. The second-order valence-electron chi connectivity index (χ2n) is 10.8. The molecule has 2 atom stereocenters. The Morgan fingerprint density at radius 3 is 2.40 bits per heavy atom. The predicted molar refractivity (Wildman–Crippen MR) is 168 cm³/mol. The van der Waals surface area contributed by atoms with Crippen LogP contribution < -0.4 is 21.3 Å². The van der Waals surface area contributed by atoms with Crippen LogP contribution in [0.2, 0.25) is 0 Å². The molecule has 0 unspecified atom stereocenters. The van der Waals surface area contributed by atoms with Crippen molar-refractivity contribution < 1.29 is 38.3 Å². The van der Waals surface area contributed by atoms with Crippen LogP contribution in [-0.4, -0.2) is 90.0 Å². The van der Waals surface area contributed by atoms with E-state index in [1.807, 2.05) is 30.3 Å². The molecule has 1 aliphatic rings. The van der Waals surface area contributed by atoms with Gasteiger partial charge in [-0.05, 0) is 37.0 Å². The number of carbonyl (C=O) groups is 7. The second kappa shape index (κ2) is 16.6. The van der Waals surface area contributed by atoms with E-state index >= 15 is 0 Å². The summed E-state index contributed by atoms with van der Waals surface area (Å²) in [5.41, 5.74) is 1.87. The molecular formula is C33H36N6O8. The molecule has 3 aromatic rings. The number of methoxy groups -OCH3 is 1. The van der Waals surface area contributed by atoms with Gasteiger partial charge < -0.3 is 30.9 Å². The number of benzene rings is 2. The largest absolute Gasteiger partial charge is 0.467 e. The van der Waals surface area contributed by atoms with Gasteiger partial charge in [0.05, 0.1) is 31.3 Å². The fraction of sp³-hybridized carbons (Fsp3) is 0.333. The molecule has 0 spiro atoms. The van der Waals surface area contributed by atoms with Crippen molar-refractivity contribution in [2.75, 3.05) is 26.7 Å².